The summed E-state index contributed by atoms with van der Waals surface area (Å²) in [5.74, 6) is 0.482. The van der Waals surface area contributed by atoms with Gasteiger partial charge in [-0.2, -0.15) is 0 Å². The van der Waals surface area contributed by atoms with Crippen molar-refractivity contribution in [1.29, 1.82) is 0 Å². The lowest BCUT2D eigenvalue weighted by Gasteiger charge is -2.28. The fraction of sp³-hybridized carbons (Fsp3) is 0.667. The minimum Gasteiger partial charge on any atom is -0.386 e. The molecule has 0 aliphatic heterocycles. The van der Waals surface area contributed by atoms with Gasteiger partial charge in [-0.25, -0.2) is 4.98 Å². The Balaban J connectivity index is 2.08. The van der Waals surface area contributed by atoms with Gasteiger partial charge in [0, 0.05) is 11.1 Å². The zero-order chi connectivity index (χ0) is 8.55. The van der Waals surface area contributed by atoms with E-state index in [1.165, 1.54) is 24.1 Å². The molecule has 1 N–H and O–H groups in total. The topological polar surface area (TPSA) is 33.1 Å². The molecule has 1 heterocycles. The predicted octanol–water partition coefficient (Wildman–Crippen LogP) is 2.29. The molecule has 0 radical (unpaired) electrons. The fourth-order valence-electron chi connectivity index (χ4n) is 1.47. The first kappa shape index (κ1) is 8.20. The monoisotopic (exact) mass is 183 g/mol. The zero-order valence-corrected chi connectivity index (χ0v) is 7.97. The lowest BCUT2D eigenvalue weighted by atomic mass is 9.81. The van der Waals surface area contributed by atoms with E-state index in [1.54, 1.807) is 11.3 Å². The lowest BCUT2D eigenvalue weighted by molar-refractivity contribution is 0.0619. The maximum Gasteiger partial charge on any atom is 0.122 e. The number of nitrogens with zero attached hydrogens (tertiary/aromatic N) is 1. The van der Waals surface area contributed by atoms with Crippen LogP contribution in [0.4, 0.5) is 0 Å². The molecule has 1 aliphatic carbocycles. The number of aromatic nitrogens is 1. The van der Waals surface area contributed by atoms with Crippen LogP contribution in [0, 0.1) is 12.8 Å². The molecule has 1 unspecified atom stereocenters. The van der Waals surface area contributed by atoms with Crippen LogP contribution < -0.4 is 0 Å². The molecule has 1 saturated carbocycles. The number of aryl methyl sites for hydroxylation is 1. The van der Waals surface area contributed by atoms with Gasteiger partial charge < -0.3 is 5.11 Å². The molecule has 66 valence electrons. The molecular formula is C9H13NOS. The van der Waals surface area contributed by atoms with Gasteiger partial charge in [0.15, 0.2) is 0 Å². The summed E-state index contributed by atoms with van der Waals surface area (Å²) in [6, 6.07) is 0. The Morgan fingerprint density at radius 1 is 1.67 bits per heavy atom. The van der Waals surface area contributed by atoms with Gasteiger partial charge in [-0.1, -0.05) is 6.42 Å². The van der Waals surface area contributed by atoms with Gasteiger partial charge >= 0.3 is 0 Å². The molecule has 2 rings (SSSR count). The summed E-state index contributed by atoms with van der Waals surface area (Å²) < 4.78 is 0. The Bertz CT molecular complexity index is 267. The van der Waals surface area contributed by atoms with E-state index in [9.17, 15) is 5.11 Å². The highest BCUT2D eigenvalue weighted by atomic mass is 32.1. The first-order chi connectivity index (χ1) is 5.77. The Morgan fingerprint density at radius 2 is 2.42 bits per heavy atom. The van der Waals surface area contributed by atoms with E-state index >= 15 is 0 Å². The van der Waals surface area contributed by atoms with Crippen molar-refractivity contribution < 1.29 is 5.11 Å². The molecule has 1 fully saturated rings. The van der Waals surface area contributed by atoms with Crippen LogP contribution in [0.5, 0.6) is 0 Å². The highest BCUT2D eigenvalue weighted by Crippen LogP contribution is 2.38. The number of thiazole rings is 1. The van der Waals surface area contributed by atoms with Gasteiger partial charge in [-0.05, 0) is 25.7 Å². The van der Waals surface area contributed by atoms with Crippen molar-refractivity contribution in [2.75, 3.05) is 0 Å². The largest absolute Gasteiger partial charge is 0.386 e. The normalized spacial score (nSPS) is 20.5. The van der Waals surface area contributed by atoms with Crippen LogP contribution in [0.2, 0.25) is 0 Å². The van der Waals surface area contributed by atoms with Gasteiger partial charge in [-0.15, -0.1) is 11.3 Å². The number of hydrogen-bond donors (Lipinski definition) is 1. The van der Waals surface area contributed by atoms with E-state index in [4.69, 9.17) is 0 Å². The summed E-state index contributed by atoms with van der Waals surface area (Å²) in [4.78, 5) is 5.37. The fourth-order valence-corrected chi connectivity index (χ4v) is 2.32. The van der Waals surface area contributed by atoms with E-state index in [0.717, 1.165) is 5.01 Å². The van der Waals surface area contributed by atoms with Gasteiger partial charge in [-0.3, -0.25) is 0 Å². The SMILES string of the molecule is Cc1cnc(C(O)C2CCC2)s1. The maximum atomic E-state index is 9.80. The molecule has 0 spiro atoms. The highest BCUT2D eigenvalue weighted by Gasteiger charge is 2.28. The lowest BCUT2D eigenvalue weighted by Crippen LogP contribution is -2.19. The van der Waals surface area contributed by atoms with Crippen molar-refractivity contribution in [3.05, 3.63) is 16.1 Å². The second kappa shape index (κ2) is 3.15. The van der Waals surface area contributed by atoms with Crippen molar-refractivity contribution in [2.24, 2.45) is 5.92 Å². The molecule has 1 atom stereocenters. The third kappa shape index (κ3) is 1.39. The minimum absolute atomic E-state index is 0.294. The van der Waals surface area contributed by atoms with Gasteiger partial charge in [0.1, 0.15) is 11.1 Å². The summed E-state index contributed by atoms with van der Waals surface area (Å²) in [5, 5.41) is 10.7. The van der Waals surface area contributed by atoms with Gasteiger partial charge in [0.25, 0.3) is 0 Å². The number of aliphatic hydroxyl groups excluding tert-OH is 1. The maximum absolute atomic E-state index is 9.80. The van der Waals surface area contributed by atoms with Gasteiger partial charge in [0.2, 0.25) is 0 Å². The van der Waals surface area contributed by atoms with E-state index < -0.39 is 0 Å². The molecular weight excluding hydrogens is 170 g/mol. The van der Waals surface area contributed by atoms with Crippen molar-refractivity contribution in [2.45, 2.75) is 32.3 Å². The van der Waals surface area contributed by atoms with Crippen molar-refractivity contribution >= 4 is 11.3 Å². The Labute approximate surface area is 76.3 Å². The average molecular weight is 183 g/mol. The van der Waals surface area contributed by atoms with E-state index in [1.807, 2.05) is 13.1 Å². The van der Waals surface area contributed by atoms with E-state index in [0.29, 0.717) is 5.92 Å². The van der Waals surface area contributed by atoms with Crippen LogP contribution in [0.1, 0.15) is 35.3 Å². The summed E-state index contributed by atoms with van der Waals surface area (Å²) in [6.45, 7) is 2.02. The summed E-state index contributed by atoms with van der Waals surface area (Å²) in [7, 11) is 0. The quantitative estimate of drug-likeness (QED) is 0.763. The van der Waals surface area contributed by atoms with Crippen molar-refractivity contribution in [1.82, 2.24) is 4.98 Å². The van der Waals surface area contributed by atoms with E-state index in [2.05, 4.69) is 4.98 Å². The Kier molecular flexibility index (Phi) is 2.15. The standard InChI is InChI=1S/C9H13NOS/c1-6-5-10-9(12-6)8(11)7-3-2-4-7/h5,7-8,11H,2-4H2,1H3. The first-order valence-electron chi connectivity index (χ1n) is 4.38. The van der Waals surface area contributed by atoms with E-state index in [-0.39, 0.29) is 6.10 Å². The average Bonchev–Trinajstić information content (AvgIpc) is 2.31. The number of hydrogen-bond acceptors (Lipinski definition) is 3. The minimum atomic E-state index is -0.294. The summed E-state index contributed by atoms with van der Waals surface area (Å²) in [6.07, 6.45) is 5.14. The molecule has 1 aromatic heterocycles. The second-order valence-electron chi connectivity index (χ2n) is 3.44. The van der Waals surface area contributed by atoms with Crippen LogP contribution in [0.15, 0.2) is 6.20 Å². The highest BCUT2D eigenvalue weighted by molar-refractivity contribution is 7.11. The summed E-state index contributed by atoms with van der Waals surface area (Å²) in [5.41, 5.74) is 0. The smallest absolute Gasteiger partial charge is 0.122 e. The molecule has 12 heavy (non-hydrogen) atoms. The van der Waals surface area contributed by atoms with Crippen molar-refractivity contribution in [3.63, 3.8) is 0 Å². The zero-order valence-electron chi connectivity index (χ0n) is 7.16. The third-order valence-electron chi connectivity index (χ3n) is 2.49. The van der Waals surface area contributed by atoms with Crippen LogP contribution in [0.25, 0.3) is 0 Å². The first-order valence-corrected chi connectivity index (χ1v) is 5.19. The van der Waals surface area contributed by atoms with Crippen molar-refractivity contribution in [3.8, 4) is 0 Å². The van der Waals surface area contributed by atoms with Crippen LogP contribution in [0.3, 0.4) is 0 Å². The van der Waals surface area contributed by atoms with Gasteiger partial charge in [0.05, 0.1) is 0 Å². The second-order valence-corrected chi connectivity index (χ2v) is 4.71. The van der Waals surface area contributed by atoms with Crippen LogP contribution in [-0.2, 0) is 0 Å². The number of rotatable bonds is 2. The Hall–Kier alpha value is -0.410. The molecule has 0 amide bonds. The Morgan fingerprint density at radius 3 is 2.83 bits per heavy atom. The third-order valence-corrected chi connectivity index (χ3v) is 3.47. The molecule has 1 aromatic rings. The summed E-state index contributed by atoms with van der Waals surface area (Å²) >= 11 is 1.61. The molecule has 3 heteroatoms. The molecule has 1 aliphatic rings. The predicted molar refractivity (Wildman–Crippen MR) is 49.2 cm³/mol. The number of aliphatic hydroxyl groups is 1. The van der Waals surface area contributed by atoms with Crippen LogP contribution >= 0.6 is 11.3 Å². The molecule has 0 saturated heterocycles. The molecule has 0 bridgehead atoms. The molecule has 0 aromatic carbocycles. The van der Waals surface area contributed by atoms with Crippen LogP contribution in [-0.4, -0.2) is 10.1 Å². The molecule has 2 nitrogen and oxygen atoms in total.